The molecule has 39 heavy (non-hydrogen) atoms. The van der Waals surface area contributed by atoms with E-state index in [-0.39, 0.29) is 18.4 Å². The lowest BCUT2D eigenvalue weighted by Crippen LogP contribution is -2.50. The van der Waals surface area contributed by atoms with Crippen LogP contribution in [-0.2, 0) is 22.6 Å². The molecule has 0 bridgehead atoms. The van der Waals surface area contributed by atoms with Crippen LogP contribution in [0.3, 0.4) is 0 Å². The van der Waals surface area contributed by atoms with E-state index in [1.165, 1.54) is 7.11 Å². The monoisotopic (exact) mass is 529 g/mol. The minimum Gasteiger partial charge on any atom is -0.497 e. The van der Waals surface area contributed by atoms with E-state index < -0.39 is 11.6 Å². The summed E-state index contributed by atoms with van der Waals surface area (Å²) in [5.74, 6) is 0.322. The van der Waals surface area contributed by atoms with E-state index in [0.29, 0.717) is 34.7 Å². The Hall–Kier alpha value is -4.40. The summed E-state index contributed by atoms with van der Waals surface area (Å²) in [7, 11) is 3.10. The molecular formula is C30H35N5O4. The average Bonchev–Trinajstić information content (AvgIpc) is 3.32. The van der Waals surface area contributed by atoms with Crippen molar-refractivity contribution in [3.8, 4) is 11.5 Å². The van der Waals surface area contributed by atoms with Gasteiger partial charge < -0.3 is 14.8 Å². The lowest BCUT2D eigenvalue weighted by molar-refractivity contribution is -0.128. The molecule has 9 heteroatoms. The summed E-state index contributed by atoms with van der Waals surface area (Å²) in [6.45, 7) is 7.60. The Morgan fingerprint density at radius 3 is 2.41 bits per heavy atom. The van der Waals surface area contributed by atoms with Gasteiger partial charge in [0, 0.05) is 16.8 Å². The van der Waals surface area contributed by atoms with Crippen LogP contribution in [0, 0.1) is 0 Å². The number of nitrogens with zero attached hydrogens (tertiary/aromatic N) is 4. The minimum absolute atomic E-state index is 0.121. The molecule has 204 valence electrons. The molecule has 1 aromatic heterocycles. The molecule has 4 aromatic rings. The van der Waals surface area contributed by atoms with Crippen LogP contribution in [0.4, 0.5) is 5.69 Å². The Kier molecular flexibility index (Phi) is 8.18. The highest BCUT2D eigenvalue weighted by Gasteiger charge is 2.37. The molecule has 0 aliphatic carbocycles. The maximum atomic E-state index is 14.3. The fourth-order valence-electron chi connectivity index (χ4n) is 4.59. The predicted molar refractivity (Wildman–Crippen MR) is 151 cm³/mol. The van der Waals surface area contributed by atoms with Crippen LogP contribution in [-0.4, -0.2) is 46.6 Å². The molecule has 1 N–H and O–H groups in total. The molecule has 0 unspecified atom stereocenters. The van der Waals surface area contributed by atoms with Crippen LogP contribution < -0.4 is 19.7 Å². The molecule has 1 heterocycles. The van der Waals surface area contributed by atoms with Gasteiger partial charge in [-0.25, -0.2) is 4.68 Å². The van der Waals surface area contributed by atoms with E-state index >= 15 is 0 Å². The molecular weight excluding hydrogens is 494 g/mol. The number of carbonyl (C=O) groups is 2. The van der Waals surface area contributed by atoms with Gasteiger partial charge in [-0.15, -0.1) is 5.10 Å². The normalized spacial score (nSPS) is 12.2. The first-order chi connectivity index (χ1) is 18.7. The van der Waals surface area contributed by atoms with Crippen LogP contribution in [0.25, 0.3) is 11.0 Å². The Bertz CT molecular complexity index is 1470. The molecule has 0 aliphatic heterocycles. The van der Waals surface area contributed by atoms with Crippen LogP contribution >= 0.6 is 0 Å². The number of anilines is 1. The van der Waals surface area contributed by atoms with E-state index in [2.05, 4.69) is 15.6 Å². The van der Waals surface area contributed by atoms with Crippen molar-refractivity contribution in [3.05, 3.63) is 77.9 Å². The summed E-state index contributed by atoms with van der Waals surface area (Å²) < 4.78 is 12.7. The quantitative estimate of drug-likeness (QED) is 0.338. The summed E-state index contributed by atoms with van der Waals surface area (Å²) in [6, 6.07) is 19.2. The second-order valence-corrected chi connectivity index (χ2v) is 10.2. The summed E-state index contributed by atoms with van der Waals surface area (Å²) in [4.78, 5) is 30.0. The molecule has 2 amide bonds. The lowest BCUT2D eigenvalue weighted by atomic mass is 9.98. The van der Waals surface area contributed by atoms with Gasteiger partial charge in [-0.05, 0) is 69.2 Å². The van der Waals surface area contributed by atoms with Gasteiger partial charge in [0.25, 0.3) is 0 Å². The van der Waals surface area contributed by atoms with Gasteiger partial charge in [0.1, 0.15) is 29.6 Å². The highest BCUT2D eigenvalue weighted by molar-refractivity contribution is 6.02. The zero-order valence-corrected chi connectivity index (χ0v) is 23.3. The van der Waals surface area contributed by atoms with Gasteiger partial charge in [0.05, 0.1) is 19.7 Å². The van der Waals surface area contributed by atoms with Gasteiger partial charge in [-0.2, -0.15) is 0 Å². The molecule has 3 aromatic carbocycles. The van der Waals surface area contributed by atoms with Crippen LogP contribution in [0.2, 0.25) is 0 Å². The van der Waals surface area contributed by atoms with Crippen molar-refractivity contribution in [1.29, 1.82) is 0 Å². The van der Waals surface area contributed by atoms with E-state index in [0.717, 1.165) is 11.1 Å². The first-order valence-electron chi connectivity index (χ1n) is 12.9. The highest BCUT2D eigenvalue weighted by Crippen LogP contribution is 2.37. The molecule has 0 radical (unpaired) electrons. The Balaban J connectivity index is 1.93. The third kappa shape index (κ3) is 6.03. The molecule has 4 rings (SSSR count). The number of amides is 2. The smallest absolute Gasteiger partial charge is 0.249 e. The SMILES string of the molecule is CCc1ccccc1N(C(=O)Cn1nnc2ccccc21)[C@H](C(=O)NC(C)(C)C)c1cc(OC)ccc1OC. The Labute approximate surface area is 228 Å². The molecule has 0 aliphatic rings. The maximum absolute atomic E-state index is 14.3. The molecule has 9 nitrogen and oxygen atoms in total. The lowest BCUT2D eigenvalue weighted by Gasteiger charge is -2.35. The number of aromatic nitrogens is 3. The number of nitrogens with one attached hydrogen (secondary N) is 1. The van der Waals surface area contributed by atoms with Crippen LogP contribution in [0.15, 0.2) is 66.7 Å². The van der Waals surface area contributed by atoms with Gasteiger partial charge >= 0.3 is 0 Å². The zero-order valence-electron chi connectivity index (χ0n) is 23.3. The predicted octanol–water partition coefficient (Wildman–Crippen LogP) is 4.70. The average molecular weight is 530 g/mol. The number of methoxy groups -OCH3 is 2. The van der Waals surface area contributed by atoms with Crippen molar-refractivity contribution in [2.45, 2.75) is 52.2 Å². The van der Waals surface area contributed by atoms with Crippen molar-refractivity contribution in [2.24, 2.45) is 0 Å². The third-order valence-corrected chi connectivity index (χ3v) is 6.34. The maximum Gasteiger partial charge on any atom is 0.249 e. The van der Waals surface area contributed by atoms with E-state index in [1.807, 2.05) is 76.2 Å². The van der Waals surface area contributed by atoms with E-state index in [4.69, 9.17) is 9.47 Å². The zero-order chi connectivity index (χ0) is 28.2. The Morgan fingerprint density at radius 1 is 1.00 bits per heavy atom. The molecule has 1 atom stereocenters. The summed E-state index contributed by atoms with van der Waals surface area (Å²) >= 11 is 0. The van der Waals surface area contributed by atoms with Gasteiger partial charge in [0.15, 0.2) is 0 Å². The number of hydrogen-bond donors (Lipinski definition) is 1. The van der Waals surface area contributed by atoms with E-state index in [1.54, 1.807) is 34.9 Å². The number of benzene rings is 3. The van der Waals surface area contributed by atoms with Gasteiger partial charge in [0.2, 0.25) is 11.8 Å². The second-order valence-electron chi connectivity index (χ2n) is 10.2. The number of fused-ring (bicyclic) bond motifs is 1. The number of rotatable bonds is 9. The number of hydrogen-bond acceptors (Lipinski definition) is 6. The fraction of sp³-hybridized carbons (Fsp3) is 0.333. The van der Waals surface area contributed by atoms with Crippen molar-refractivity contribution in [3.63, 3.8) is 0 Å². The number of para-hydroxylation sites is 2. The summed E-state index contributed by atoms with van der Waals surface area (Å²) in [5, 5.41) is 11.5. The molecule has 0 saturated carbocycles. The van der Waals surface area contributed by atoms with Crippen molar-refractivity contribution >= 4 is 28.5 Å². The number of aryl methyl sites for hydroxylation is 1. The summed E-state index contributed by atoms with van der Waals surface area (Å²) in [5.41, 5.74) is 2.91. The standard InChI is InChI=1S/C30H35N5O4/c1-7-20-12-8-10-14-24(20)35(27(36)19-34-25-15-11-9-13-23(25)32-33-34)28(29(37)31-30(2,3)4)22-18-21(38-5)16-17-26(22)39-6/h8-18,28H,7,19H2,1-6H3,(H,31,37)/t28-/m0/s1. The fourth-order valence-corrected chi connectivity index (χ4v) is 4.59. The van der Waals surface area contributed by atoms with Crippen molar-refractivity contribution in [2.75, 3.05) is 19.1 Å². The second kappa shape index (κ2) is 11.6. The minimum atomic E-state index is -1.07. The van der Waals surface area contributed by atoms with Crippen molar-refractivity contribution < 1.29 is 19.1 Å². The highest BCUT2D eigenvalue weighted by atomic mass is 16.5. The first kappa shape index (κ1) is 27.6. The van der Waals surface area contributed by atoms with Gasteiger partial charge in [-0.1, -0.05) is 42.5 Å². The first-order valence-corrected chi connectivity index (χ1v) is 12.9. The van der Waals surface area contributed by atoms with E-state index in [9.17, 15) is 9.59 Å². The topological polar surface area (TPSA) is 98.6 Å². The van der Waals surface area contributed by atoms with Gasteiger partial charge in [-0.3, -0.25) is 14.5 Å². The van der Waals surface area contributed by atoms with Crippen molar-refractivity contribution in [1.82, 2.24) is 20.3 Å². The largest absolute Gasteiger partial charge is 0.497 e. The molecule has 0 fully saturated rings. The molecule has 0 spiro atoms. The van der Waals surface area contributed by atoms with Crippen LogP contribution in [0.1, 0.15) is 44.9 Å². The third-order valence-electron chi connectivity index (χ3n) is 6.34. The Morgan fingerprint density at radius 2 is 1.72 bits per heavy atom. The summed E-state index contributed by atoms with van der Waals surface area (Å²) in [6.07, 6.45) is 0.662. The number of ether oxygens (including phenoxy) is 2. The number of carbonyl (C=O) groups excluding carboxylic acids is 2. The molecule has 0 saturated heterocycles. The van der Waals surface area contributed by atoms with Crippen LogP contribution in [0.5, 0.6) is 11.5 Å².